The van der Waals surface area contributed by atoms with Gasteiger partial charge in [0.1, 0.15) is 5.41 Å². The summed E-state index contributed by atoms with van der Waals surface area (Å²) in [6, 6.07) is -0.632. The number of carbonyl (C=O) groups is 3. The van der Waals surface area contributed by atoms with E-state index in [9.17, 15) is 14.4 Å². The van der Waals surface area contributed by atoms with Gasteiger partial charge in [-0.25, -0.2) is 4.79 Å². The lowest BCUT2D eigenvalue weighted by Crippen LogP contribution is -2.64. The number of imide groups is 2. The third-order valence-corrected chi connectivity index (χ3v) is 5.15. The van der Waals surface area contributed by atoms with E-state index in [4.69, 9.17) is 0 Å². The molecule has 2 atom stereocenters. The van der Waals surface area contributed by atoms with Crippen molar-refractivity contribution in [1.82, 2.24) is 10.2 Å². The van der Waals surface area contributed by atoms with Gasteiger partial charge in [-0.15, -0.1) is 0 Å². The van der Waals surface area contributed by atoms with Crippen LogP contribution in [0.1, 0.15) is 39.5 Å². The lowest BCUT2D eigenvalue weighted by molar-refractivity contribution is -0.150. The van der Waals surface area contributed by atoms with E-state index in [0.717, 1.165) is 25.7 Å². The van der Waals surface area contributed by atoms with E-state index in [1.807, 2.05) is 0 Å². The van der Waals surface area contributed by atoms with Crippen molar-refractivity contribution in [1.29, 1.82) is 0 Å². The molecule has 0 bridgehead atoms. The van der Waals surface area contributed by atoms with E-state index in [-0.39, 0.29) is 11.9 Å². The monoisotopic (exact) mass is 284 g/mol. The summed E-state index contributed by atoms with van der Waals surface area (Å²) in [7, 11) is 0. The predicted molar refractivity (Wildman–Crippen MR) is 73.7 cm³/mol. The number of carbonyl (C=O) groups excluding carboxylic acids is 3. The van der Waals surface area contributed by atoms with Gasteiger partial charge in [-0.1, -0.05) is 6.42 Å². The molecule has 0 spiro atoms. The molecule has 5 nitrogen and oxygen atoms in total. The van der Waals surface area contributed by atoms with Crippen LogP contribution in [0.2, 0.25) is 0 Å². The number of amides is 4. The molecule has 2 rings (SSSR count). The Morgan fingerprint density at radius 1 is 1.26 bits per heavy atom. The summed E-state index contributed by atoms with van der Waals surface area (Å²) in [6.45, 7) is 3.14. The zero-order valence-electron chi connectivity index (χ0n) is 11.6. The Kier molecular flexibility index (Phi) is 3.90. The zero-order chi connectivity index (χ0) is 14.2. The van der Waals surface area contributed by atoms with Gasteiger partial charge < -0.3 is 0 Å². The van der Waals surface area contributed by atoms with Crippen LogP contribution in [0.4, 0.5) is 4.79 Å². The van der Waals surface area contributed by atoms with Gasteiger partial charge in [0.25, 0.3) is 0 Å². The van der Waals surface area contributed by atoms with Crippen LogP contribution < -0.4 is 5.32 Å². The molecule has 1 aliphatic carbocycles. The molecule has 4 amide bonds. The summed E-state index contributed by atoms with van der Waals surface area (Å²) in [6.07, 6.45) is 5.86. The van der Waals surface area contributed by atoms with Gasteiger partial charge >= 0.3 is 6.03 Å². The molecular weight excluding hydrogens is 264 g/mol. The highest BCUT2D eigenvalue weighted by molar-refractivity contribution is 7.99. The lowest BCUT2D eigenvalue weighted by atomic mass is 9.86. The van der Waals surface area contributed by atoms with Crippen molar-refractivity contribution in [3.8, 4) is 0 Å². The van der Waals surface area contributed by atoms with Crippen LogP contribution >= 0.6 is 11.8 Å². The molecule has 1 aliphatic heterocycles. The van der Waals surface area contributed by atoms with Gasteiger partial charge in [0, 0.05) is 11.3 Å². The van der Waals surface area contributed by atoms with Gasteiger partial charge in [-0.3, -0.25) is 19.8 Å². The van der Waals surface area contributed by atoms with Gasteiger partial charge in [-0.05, 0) is 39.4 Å². The molecule has 0 aromatic rings. The van der Waals surface area contributed by atoms with Crippen LogP contribution in [0.5, 0.6) is 0 Å². The largest absolute Gasteiger partial charge is 0.331 e. The van der Waals surface area contributed by atoms with Crippen molar-refractivity contribution in [3.05, 3.63) is 0 Å². The maximum absolute atomic E-state index is 12.4. The Labute approximate surface area is 117 Å². The second-order valence-corrected chi connectivity index (χ2v) is 6.88. The van der Waals surface area contributed by atoms with Crippen LogP contribution in [0, 0.1) is 5.41 Å². The van der Waals surface area contributed by atoms with Gasteiger partial charge in [-0.2, -0.15) is 11.8 Å². The maximum Gasteiger partial charge on any atom is 0.331 e. The molecule has 1 heterocycles. The average molecular weight is 284 g/mol. The van der Waals surface area contributed by atoms with E-state index in [2.05, 4.69) is 11.6 Å². The number of thioether (sulfide) groups is 1. The summed E-state index contributed by atoms with van der Waals surface area (Å²) in [4.78, 5) is 37.3. The Bertz CT molecular complexity index is 422. The fourth-order valence-corrected chi connectivity index (χ4v) is 3.52. The standard InChI is InChI=1S/C13H20N2O3S/c1-13(2)10(16)14-12(18)15(11(13)17)8-5-4-6-9(7-8)19-3/h8-9H,4-7H2,1-3H3,(H,14,16,18). The highest BCUT2D eigenvalue weighted by Gasteiger charge is 2.49. The minimum Gasteiger partial charge on any atom is -0.277 e. The van der Waals surface area contributed by atoms with Crippen molar-refractivity contribution in [2.24, 2.45) is 5.41 Å². The molecule has 0 aromatic carbocycles. The van der Waals surface area contributed by atoms with Gasteiger partial charge in [0.15, 0.2) is 0 Å². The number of urea groups is 1. The zero-order valence-corrected chi connectivity index (χ0v) is 12.4. The van der Waals surface area contributed by atoms with Crippen molar-refractivity contribution in [3.63, 3.8) is 0 Å². The Balaban J connectivity index is 2.20. The first-order valence-electron chi connectivity index (χ1n) is 6.59. The van der Waals surface area contributed by atoms with Crippen LogP contribution in [0.15, 0.2) is 0 Å². The average Bonchev–Trinajstić information content (AvgIpc) is 2.37. The number of barbiturate groups is 1. The summed E-state index contributed by atoms with van der Waals surface area (Å²) < 4.78 is 0. The van der Waals surface area contributed by atoms with Crippen molar-refractivity contribution >= 4 is 29.6 Å². The third kappa shape index (κ3) is 2.50. The molecular formula is C13H20N2O3S. The number of rotatable bonds is 2. The SMILES string of the molecule is CSC1CCCC(N2C(=O)NC(=O)C(C)(C)C2=O)C1. The highest BCUT2D eigenvalue weighted by atomic mass is 32.2. The quantitative estimate of drug-likeness (QED) is 0.785. The van der Waals surface area contributed by atoms with Crippen molar-refractivity contribution in [2.75, 3.05) is 6.26 Å². The third-order valence-electron chi connectivity index (χ3n) is 4.06. The molecule has 0 aromatic heterocycles. The Morgan fingerprint density at radius 2 is 1.95 bits per heavy atom. The van der Waals surface area contributed by atoms with Crippen LogP contribution in [-0.2, 0) is 9.59 Å². The molecule has 1 saturated heterocycles. The molecule has 106 valence electrons. The summed E-state index contributed by atoms with van der Waals surface area (Å²) in [5.74, 6) is -0.871. The van der Waals surface area contributed by atoms with Crippen LogP contribution in [0.25, 0.3) is 0 Å². The summed E-state index contributed by atoms with van der Waals surface area (Å²) >= 11 is 1.78. The topological polar surface area (TPSA) is 66.5 Å². The second kappa shape index (κ2) is 5.15. The summed E-state index contributed by atoms with van der Waals surface area (Å²) in [5, 5.41) is 2.79. The molecule has 2 fully saturated rings. The first kappa shape index (κ1) is 14.4. The first-order valence-corrected chi connectivity index (χ1v) is 7.88. The van der Waals surface area contributed by atoms with E-state index >= 15 is 0 Å². The van der Waals surface area contributed by atoms with Gasteiger partial charge in [0.05, 0.1) is 0 Å². The van der Waals surface area contributed by atoms with Crippen molar-refractivity contribution in [2.45, 2.75) is 50.8 Å². The molecule has 19 heavy (non-hydrogen) atoms. The Morgan fingerprint density at radius 3 is 2.58 bits per heavy atom. The predicted octanol–water partition coefficient (Wildman–Crippen LogP) is 1.77. The number of hydrogen-bond donors (Lipinski definition) is 1. The van der Waals surface area contributed by atoms with E-state index in [0.29, 0.717) is 5.25 Å². The number of nitrogens with one attached hydrogen (secondary N) is 1. The smallest absolute Gasteiger partial charge is 0.277 e. The summed E-state index contributed by atoms with van der Waals surface area (Å²) in [5.41, 5.74) is -1.15. The molecule has 1 saturated carbocycles. The fraction of sp³-hybridized carbons (Fsp3) is 0.769. The molecule has 6 heteroatoms. The van der Waals surface area contributed by atoms with Gasteiger partial charge in [0.2, 0.25) is 11.8 Å². The minimum atomic E-state index is -1.15. The first-order chi connectivity index (χ1) is 8.87. The molecule has 2 aliphatic rings. The van der Waals surface area contributed by atoms with Crippen LogP contribution in [0.3, 0.4) is 0 Å². The van der Waals surface area contributed by atoms with E-state index < -0.39 is 17.4 Å². The van der Waals surface area contributed by atoms with E-state index in [1.165, 1.54) is 4.90 Å². The number of hydrogen-bond acceptors (Lipinski definition) is 4. The highest BCUT2D eigenvalue weighted by Crippen LogP contribution is 2.33. The number of nitrogens with zero attached hydrogens (tertiary/aromatic N) is 1. The Hall–Kier alpha value is -1.04. The molecule has 1 N–H and O–H groups in total. The van der Waals surface area contributed by atoms with Crippen molar-refractivity contribution < 1.29 is 14.4 Å². The molecule has 2 unspecified atom stereocenters. The maximum atomic E-state index is 12.4. The molecule has 0 radical (unpaired) electrons. The lowest BCUT2D eigenvalue weighted by Gasteiger charge is -2.41. The fourth-order valence-electron chi connectivity index (χ4n) is 2.70. The normalized spacial score (nSPS) is 31.3. The van der Waals surface area contributed by atoms with Crippen LogP contribution in [-0.4, -0.2) is 40.3 Å². The second-order valence-electron chi connectivity index (χ2n) is 5.74. The minimum absolute atomic E-state index is 0.0777. The van der Waals surface area contributed by atoms with E-state index in [1.54, 1.807) is 25.6 Å².